The lowest BCUT2D eigenvalue weighted by molar-refractivity contribution is -0.122. The molecule has 2 N–H and O–H groups in total. The summed E-state index contributed by atoms with van der Waals surface area (Å²) in [6.45, 7) is 1.76. The number of amides is 1. The van der Waals surface area contributed by atoms with Crippen molar-refractivity contribution in [2.24, 2.45) is 0 Å². The number of piperidine rings is 1. The van der Waals surface area contributed by atoms with E-state index in [4.69, 9.17) is 0 Å². The Balaban J connectivity index is 1.99. The molecule has 2 saturated heterocycles. The highest BCUT2D eigenvalue weighted by atomic mass is 32.2. The first-order valence-electron chi connectivity index (χ1n) is 6.65. The van der Waals surface area contributed by atoms with Gasteiger partial charge in [0.05, 0.1) is 0 Å². The Hall–Kier alpha value is -0.660. The van der Waals surface area contributed by atoms with Crippen LogP contribution in [0.3, 0.4) is 0 Å². The molecule has 6 nitrogen and oxygen atoms in total. The Morgan fingerprint density at radius 1 is 1.11 bits per heavy atom. The fourth-order valence-corrected chi connectivity index (χ4v) is 3.88. The first-order valence-corrected chi connectivity index (χ1v) is 8.09. The minimum absolute atomic E-state index is 0.201. The molecular formula is C11H21N3O3S. The predicted octanol–water partition coefficient (Wildman–Crippen LogP) is -0.0246. The van der Waals surface area contributed by atoms with Gasteiger partial charge in [-0.15, -0.1) is 0 Å². The van der Waals surface area contributed by atoms with Crippen LogP contribution in [0.5, 0.6) is 0 Å². The molecule has 0 aromatic heterocycles. The average molecular weight is 275 g/mol. The summed E-state index contributed by atoms with van der Waals surface area (Å²) >= 11 is 0. The van der Waals surface area contributed by atoms with Crippen LogP contribution in [0.25, 0.3) is 0 Å². The second kappa shape index (κ2) is 5.99. The molecule has 2 aliphatic heterocycles. The highest BCUT2D eigenvalue weighted by Gasteiger charge is 2.30. The van der Waals surface area contributed by atoms with Crippen molar-refractivity contribution in [1.82, 2.24) is 14.3 Å². The van der Waals surface area contributed by atoms with Crippen LogP contribution in [0, 0.1) is 0 Å². The minimum Gasteiger partial charge on any atom is -0.355 e. The Morgan fingerprint density at radius 3 is 2.56 bits per heavy atom. The fourth-order valence-electron chi connectivity index (χ4n) is 2.41. The first-order chi connectivity index (χ1) is 8.59. The number of hydrogen-bond donors (Lipinski definition) is 2. The van der Waals surface area contributed by atoms with E-state index in [2.05, 4.69) is 10.0 Å². The van der Waals surface area contributed by atoms with Crippen LogP contribution in [-0.2, 0) is 15.0 Å². The minimum atomic E-state index is -3.51. The van der Waals surface area contributed by atoms with Crippen LogP contribution in [0.15, 0.2) is 0 Å². The monoisotopic (exact) mass is 275 g/mol. The lowest BCUT2D eigenvalue weighted by atomic mass is 10.1. The topological polar surface area (TPSA) is 78.5 Å². The van der Waals surface area contributed by atoms with Gasteiger partial charge in [-0.25, -0.2) is 0 Å². The zero-order valence-corrected chi connectivity index (χ0v) is 11.3. The lowest BCUT2D eigenvalue weighted by Crippen LogP contribution is -2.51. The molecule has 0 aromatic carbocycles. The summed E-state index contributed by atoms with van der Waals surface area (Å²) in [6.07, 6.45) is 5.24. The van der Waals surface area contributed by atoms with Crippen molar-refractivity contribution in [2.75, 3.05) is 19.6 Å². The molecule has 1 atom stereocenters. The van der Waals surface area contributed by atoms with Crippen molar-refractivity contribution in [3.63, 3.8) is 0 Å². The maximum absolute atomic E-state index is 12.1. The van der Waals surface area contributed by atoms with Crippen LogP contribution in [-0.4, -0.2) is 44.3 Å². The number of nitrogens with one attached hydrogen (secondary N) is 2. The maximum atomic E-state index is 12.1. The lowest BCUT2D eigenvalue weighted by Gasteiger charge is -2.27. The van der Waals surface area contributed by atoms with Gasteiger partial charge in [-0.3, -0.25) is 4.79 Å². The van der Waals surface area contributed by atoms with E-state index < -0.39 is 16.3 Å². The second-order valence-electron chi connectivity index (χ2n) is 4.92. The highest BCUT2D eigenvalue weighted by molar-refractivity contribution is 7.87. The first kappa shape index (κ1) is 13.8. The molecule has 0 aliphatic carbocycles. The highest BCUT2D eigenvalue weighted by Crippen LogP contribution is 2.14. The Kier molecular flexibility index (Phi) is 4.58. The number of nitrogens with zero attached hydrogens (tertiary/aromatic N) is 1. The maximum Gasteiger partial charge on any atom is 0.280 e. The van der Waals surface area contributed by atoms with Crippen molar-refractivity contribution in [1.29, 1.82) is 0 Å². The third-order valence-electron chi connectivity index (χ3n) is 3.48. The molecule has 1 amide bonds. The molecule has 0 aromatic rings. The SMILES string of the molecule is O=C1NCCCC[C@H]1NS(=O)(=O)N1CCCCC1. The van der Waals surface area contributed by atoms with Gasteiger partial charge in [-0.1, -0.05) is 6.42 Å². The summed E-state index contributed by atoms with van der Waals surface area (Å²) in [5.74, 6) is -0.201. The van der Waals surface area contributed by atoms with E-state index in [0.717, 1.165) is 32.1 Å². The molecule has 2 heterocycles. The van der Waals surface area contributed by atoms with E-state index >= 15 is 0 Å². The van der Waals surface area contributed by atoms with E-state index in [1.807, 2.05) is 0 Å². The molecule has 104 valence electrons. The van der Waals surface area contributed by atoms with Crippen LogP contribution in [0.2, 0.25) is 0 Å². The normalized spacial score (nSPS) is 27.6. The third kappa shape index (κ3) is 3.43. The predicted molar refractivity (Wildman–Crippen MR) is 68.1 cm³/mol. The molecular weight excluding hydrogens is 254 g/mol. The van der Waals surface area contributed by atoms with E-state index in [-0.39, 0.29) is 5.91 Å². The van der Waals surface area contributed by atoms with Gasteiger partial charge in [0, 0.05) is 19.6 Å². The van der Waals surface area contributed by atoms with Gasteiger partial charge in [0.25, 0.3) is 10.2 Å². The summed E-state index contributed by atoms with van der Waals surface area (Å²) in [5.41, 5.74) is 0. The zero-order chi connectivity index (χ0) is 13.0. The fraction of sp³-hybridized carbons (Fsp3) is 0.909. The summed E-state index contributed by atoms with van der Waals surface area (Å²) in [7, 11) is -3.51. The molecule has 7 heteroatoms. The zero-order valence-electron chi connectivity index (χ0n) is 10.5. The largest absolute Gasteiger partial charge is 0.355 e. The number of rotatable bonds is 3. The van der Waals surface area contributed by atoms with Crippen LogP contribution >= 0.6 is 0 Å². The van der Waals surface area contributed by atoms with Crippen LogP contribution in [0.4, 0.5) is 0 Å². The van der Waals surface area contributed by atoms with Crippen LogP contribution in [0.1, 0.15) is 38.5 Å². The van der Waals surface area contributed by atoms with Gasteiger partial charge in [0.15, 0.2) is 0 Å². The average Bonchev–Trinajstić information content (AvgIpc) is 2.56. The Labute approximate surface area is 108 Å². The van der Waals surface area contributed by atoms with E-state index in [1.54, 1.807) is 0 Å². The van der Waals surface area contributed by atoms with Crippen molar-refractivity contribution < 1.29 is 13.2 Å². The molecule has 0 radical (unpaired) electrons. The van der Waals surface area contributed by atoms with E-state index in [0.29, 0.717) is 26.1 Å². The van der Waals surface area contributed by atoms with E-state index in [9.17, 15) is 13.2 Å². The number of carbonyl (C=O) groups is 1. The van der Waals surface area contributed by atoms with Gasteiger partial charge < -0.3 is 5.32 Å². The third-order valence-corrected chi connectivity index (χ3v) is 5.11. The Bertz CT molecular complexity index is 390. The van der Waals surface area contributed by atoms with Crippen molar-refractivity contribution in [3.05, 3.63) is 0 Å². The number of hydrogen-bond acceptors (Lipinski definition) is 3. The second-order valence-corrected chi connectivity index (χ2v) is 6.62. The standard InChI is InChI=1S/C11H21N3O3S/c15-11-10(6-2-3-7-12-11)13-18(16,17)14-8-4-1-5-9-14/h10,13H,1-9H2,(H,12,15)/t10-/m1/s1. The van der Waals surface area contributed by atoms with Gasteiger partial charge in [0.2, 0.25) is 5.91 Å². The van der Waals surface area contributed by atoms with Crippen molar-refractivity contribution in [3.8, 4) is 0 Å². The molecule has 2 rings (SSSR count). The summed E-state index contributed by atoms with van der Waals surface area (Å²) < 4.78 is 28.3. The van der Waals surface area contributed by atoms with Gasteiger partial charge >= 0.3 is 0 Å². The molecule has 0 saturated carbocycles. The van der Waals surface area contributed by atoms with Crippen molar-refractivity contribution >= 4 is 16.1 Å². The summed E-state index contributed by atoms with van der Waals surface area (Å²) in [5, 5.41) is 2.74. The van der Waals surface area contributed by atoms with Gasteiger partial charge in [-0.05, 0) is 32.1 Å². The Morgan fingerprint density at radius 2 is 1.83 bits per heavy atom. The molecule has 0 bridgehead atoms. The number of carbonyl (C=O) groups excluding carboxylic acids is 1. The molecule has 0 unspecified atom stereocenters. The molecule has 2 aliphatic rings. The summed E-state index contributed by atoms with van der Waals surface area (Å²) in [4.78, 5) is 11.7. The van der Waals surface area contributed by atoms with Crippen LogP contribution < -0.4 is 10.0 Å². The smallest absolute Gasteiger partial charge is 0.280 e. The molecule has 2 fully saturated rings. The molecule has 18 heavy (non-hydrogen) atoms. The van der Waals surface area contributed by atoms with E-state index in [1.165, 1.54) is 4.31 Å². The molecule has 0 spiro atoms. The summed E-state index contributed by atoms with van der Waals surface area (Å²) in [6, 6.07) is -0.612. The quantitative estimate of drug-likeness (QED) is 0.759. The van der Waals surface area contributed by atoms with Gasteiger partial charge in [-0.2, -0.15) is 17.4 Å². The van der Waals surface area contributed by atoms with Crippen molar-refractivity contribution in [2.45, 2.75) is 44.6 Å². The van der Waals surface area contributed by atoms with Gasteiger partial charge in [0.1, 0.15) is 6.04 Å².